The lowest BCUT2D eigenvalue weighted by molar-refractivity contribution is -0.130. The number of halogens is 1. The Morgan fingerprint density at radius 1 is 0.963 bits per heavy atom. The van der Waals surface area contributed by atoms with E-state index in [9.17, 15) is 4.79 Å². The third-order valence-corrected chi connectivity index (χ3v) is 5.84. The standard InChI is InChI=1S/C24H24ClNO/c25-22-13-11-18(12-14-22)21-7-3-4-15-26(17-21)24(27)16-20-9-5-8-19-6-1-2-10-23(19)20/h1-2,5-6,8-14,21H,3-4,7,15-17H2. The molecule has 0 aromatic heterocycles. The SMILES string of the molecule is O=C(Cc1cccc2ccccc12)N1CCCCC(c2ccc(Cl)cc2)C1. The van der Waals surface area contributed by atoms with E-state index in [2.05, 4.69) is 41.3 Å². The highest BCUT2D eigenvalue weighted by Gasteiger charge is 2.23. The van der Waals surface area contributed by atoms with Gasteiger partial charge < -0.3 is 4.90 Å². The molecule has 138 valence electrons. The van der Waals surface area contributed by atoms with Crippen molar-refractivity contribution in [2.24, 2.45) is 0 Å². The van der Waals surface area contributed by atoms with E-state index in [-0.39, 0.29) is 5.91 Å². The zero-order chi connectivity index (χ0) is 18.6. The van der Waals surface area contributed by atoms with E-state index < -0.39 is 0 Å². The topological polar surface area (TPSA) is 20.3 Å². The van der Waals surface area contributed by atoms with Gasteiger partial charge in [-0.15, -0.1) is 0 Å². The molecular weight excluding hydrogens is 354 g/mol. The zero-order valence-corrected chi connectivity index (χ0v) is 16.2. The van der Waals surface area contributed by atoms with Crippen molar-refractivity contribution in [3.8, 4) is 0 Å². The summed E-state index contributed by atoms with van der Waals surface area (Å²) in [5.41, 5.74) is 2.40. The molecule has 1 aliphatic heterocycles. The molecule has 27 heavy (non-hydrogen) atoms. The molecule has 3 heteroatoms. The Bertz CT molecular complexity index is 929. The molecule has 0 bridgehead atoms. The van der Waals surface area contributed by atoms with Crippen LogP contribution in [0.15, 0.2) is 66.7 Å². The lowest BCUT2D eigenvalue weighted by Crippen LogP contribution is -2.35. The lowest BCUT2D eigenvalue weighted by Gasteiger charge is -2.25. The summed E-state index contributed by atoms with van der Waals surface area (Å²) in [7, 11) is 0. The minimum absolute atomic E-state index is 0.229. The average Bonchev–Trinajstić information content (AvgIpc) is 2.95. The summed E-state index contributed by atoms with van der Waals surface area (Å²) in [6.07, 6.45) is 3.82. The average molecular weight is 378 g/mol. The minimum atomic E-state index is 0.229. The highest BCUT2D eigenvalue weighted by Crippen LogP contribution is 2.28. The molecule has 1 heterocycles. The monoisotopic (exact) mass is 377 g/mol. The van der Waals surface area contributed by atoms with Gasteiger partial charge >= 0.3 is 0 Å². The fourth-order valence-electron chi connectivity index (χ4n) is 4.10. The van der Waals surface area contributed by atoms with Crippen molar-refractivity contribution in [1.82, 2.24) is 4.90 Å². The Kier molecular flexibility index (Phi) is 5.45. The summed E-state index contributed by atoms with van der Waals surface area (Å²) in [6, 6.07) is 22.6. The molecule has 1 amide bonds. The van der Waals surface area contributed by atoms with Gasteiger partial charge in [0.05, 0.1) is 6.42 Å². The molecule has 0 radical (unpaired) electrons. The van der Waals surface area contributed by atoms with Gasteiger partial charge in [-0.2, -0.15) is 0 Å². The van der Waals surface area contributed by atoms with Gasteiger partial charge in [-0.1, -0.05) is 72.6 Å². The third-order valence-electron chi connectivity index (χ3n) is 5.59. The summed E-state index contributed by atoms with van der Waals surface area (Å²) in [5.74, 6) is 0.619. The molecule has 1 fully saturated rings. The smallest absolute Gasteiger partial charge is 0.227 e. The Morgan fingerprint density at radius 3 is 2.59 bits per heavy atom. The molecular formula is C24H24ClNO. The van der Waals surface area contributed by atoms with Gasteiger partial charge in [-0.3, -0.25) is 4.79 Å². The van der Waals surface area contributed by atoms with Gasteiger partial charge in [0.15, 0.2) is 0 Å². The predicted octanol–water partition coefficient (Wildman–Crippen LogP) is 5.83. The van der Waals surface area contributed by atoms with Crippen molar-refractivity contribution in [3.05, 3.63) is 82.9 Å². The molecule has 0 spiro atoms. The van der Waals surface area contributed by atoms with Crippen LogP contribution in [-0.2, 0) is 11.2 Å². The van der Waals surface area contributed by atoms with E-state index >= 15 is 0 Å². The number of likely N-dealkylation sites (tertiary alicyclic amines) is 1. The van der Waals surface area contributed by atoms with Crippen LogP contribution in [0, 0.1) is 0 Å². The lowest BCUT2D eigenvalue weighted by atomic mass is 9.94. The Balaban J connectivity index is 1.52. The van der Waals surface area contributed by atoms with Crippen LogP contribution in [0.3, 0.4) is 0 Å². The van der Waals surface area contributed by atoms with Crippen LogP contribution >= 0.6 is 11.6 Å². The summed E-state index contributed by atoms with van der Waals surface area (Å²) in [6.45, 7) is 1.65. The molecule has 4 rings (SSSR count). The fourth-order valence-corrected chi connectivity index (χ4v) is 4.22. The minimum Gasteiger partial charge on any atom is -0.342 e. The van der Waals surface area contributed by atoms with Gasteiger partial charge in [0, 0.05) is 24.0 Å². The van der Waals surface area contributed by atoms with Gasteiger partial charge in [0.1, 0.15) is 0 Å². The first-order valence-corrected chi connectivity index (χ1v) is 10.1. The molecule has 2 nitrogen and oxygen atoms in total. The second-order valence-electron chi connectivity index (χ2n) is 7.40. The fraction of sp³-hybridized carbons (Fsp3) is 0.292. The number of nitrogens with zero attached hydrogens (tertiary/aromatic N) is 1. The van der Waals surface area contributed by atoms with Crippen LogP contribution in [0.2, 0.25) is 5.02 Å². The Hall–Kier alpha value is -2.32. The van der Waals surface area contributed by atoms with E-state index in [1.807, 2.05) is 30.3 Å². The normalized spacial score (nSPS) is 17.7. The van der Waals surface area contributed by atoms with E-state index in [1.165, 1.54) is 16.3 Å². The molecule has 0 saturated carbocycles. The van der Waals surface area contributed by atoms with Crippen LogP contribution < -0.4 is 0 Å². The molecule has 0 N–H and O–H groups in total. The van der Waals surface area contributed by atoms with E-state index in [0.29, 0.717) is 12.3 Å². The van der Waals surface area contributed by atoms with Gasteiger partial charge in [0.25, 0.3) is 0 Å². The van der Waals surface area contributed by atoms with E-state index in [0.717, 1.165) is 42.9 Å². The first kappa shape index (κ1) is 18.1. The molecule has 3 aromatic carbocycles. The molecule has 0 aliphatic carbocycles. The first-order valence-electron chi connectivity index (χ1n) is 9.70. The summed E-state index contributed by atoms with van der Waals surface area (Å²) < 4.78 is 0. The Morgan fingerprint density at radius 2 is 1.74 bits per heavy atom. The summed E-state index contributed by atoms with van der Waals surface area (Å²) in [4.78, 5) is 15.2. The van der Waals surface area contributed by atoms with Crippen molar-refractivity contribution >= 4 is 28.3 Å². The van der Waals surface area contributed by atoms with Crippen LogP contribution in [0.1, 0.15) is 36.3 Å². The maximum absolute atomic E-state index is 13.1. The van der Waals surface area contributed by atoms with Crippen molar-refractivity contribution in [2.75, 3.05) is 13.1 Å². The van der Waals surface area contributed by atoms with Crippen molar-refractivity contribution in [2.45, 2.75) is 31.6 Å². The molecule has 3 aromatic rings. The summed E-state index contributed by atoms with van der Waals surface area (Å²) in [5, 5.41) is 3.13. The van der Waals surface area contributed by atoms with E-state index in [1.54, 1.807) is 0 Å². The van der Waals surface area contributed by atoms with Crippen LogP contribution in [0.4, 0.5) is 0 Å². The number of fused-ring (bicyclic) bond motifs is 1. The number of benzene rings is 3. The number of amides is 1. The molecule has 1 saturated heterocycles. The second kappa shape index (κ2) is 8.14. The van der Waals surface area contributed by atoms with Gasteiger partial charge in [-0.25, -0.2) is 0 Å². The van der Waals surface area contributed by atoms with Crippen LogP contribution in [0.25, 0.3) is 10.8 Å². The maximum atomic E-state index is 13.1. The number of carbonyl (C=O) groups excluding carboxylic acids is 1. The molecule has 1 atom stereocenters. The Labute approximate surface area is 165 Å². The number of carbonyl (C=O) groups is 1. The molecule has 1 unspecified atom stereocenters. The summed E-state index contributed by atoms with van der Waals surface area (Å²) >= 11 is 6.04. The quantitative estimate of drug-likeness (QED) is 0.562. The zero-order valence-electron chi connectivity index (χ0n) is 15.4. The highest BCUT2D eigenvalue weighted by atomic mass is 35.5. The second-order valence-corrected chi connectivity index (χ2v) is 7.84. The third kappa shape index (κ3) is 4.17. The maximum Gasteiger partial charge on any atom is 0.227 e. The highest BCUT2D eigenvalue weighted by molar-refractivity contribution is 6.30. The van der Waals surface area contributed by atoms with Gasteiger partial charge in [0.2, 0.25) is 5.91 Å². The molecule has 1 aliphatic rings. The number of hydrogen-bond donors (Lipinski definition) is 0. The number of hydrogen-bond acceptors (Lipinski definition) is 1. The number of rotatable bonds is 3. The van der Waals surface area contributed by atoms with Crippen molar-refractivity contribution in [1.29, 1.82) is 0 Å². The van der Waals surface area contributed by atoms with Crippen LogP contribution in [0.5, 0.6) is 0 Å². The largest absolute Gasteiger partial charge is 0.342 e. The van der Waals surface area contributed by atoms with E-state index in [4.69, 9.17) is 11.6 Å². The van der Waals surface area contributed by atoms with Crippen molar-refractivity contribution in [3.63, 3.8) is 0 Å². The first-order chi connectivity index (χ1) is 13.2. The van der Waals surface area contributed by atoms with Crippen LogP contribution in [-0.4, -0.2) is 23.9 Å². The predicted molar refractivity (Wildman–Crippen MR) is 112 cm³/mol. The van der Waals surface area contributed by atoms with Crippen molar-refractivity contribution < 1.29 is 4.79 Å². The van der Waals surface area contributed by atoms with Gasteiger partial charge in [-0.05, 0) is 46.9 Å².